The fraction of sp³-hybridized carbons (Fsp3) is 0.333. The van der Waals surface area contributed by atoms with Crippen molar-refractivity contribution in [1.82, 2.24) is 15.2 Å². The highest BCUT2D eigenvalue weighted by Gasteiger charge is 2.13. The van der Waals surface area contributed by atoms with Crippen LogP contribution in [0.4, 0.5) is 0 Å². The topological polar surface area (TPSA) is 68.9 Å². The zero-order chi connectivity index (χ0) is 17.6. The summed E-state index contributed by atoms with van der Waals surface area (Å²) in [6, 6.07) is 9.95. The summed E-state index contributed by atoms with van der Waals surface area (Å²) in [5, 5.41) is 11.4. The number of carbonyl (C=O) groups is 1. The molecule has 0 atom stereocenters. The van der Waals surface area contributed by atoms with Crippen LogP contribution in [0.3, 0.4) is 0 Å². The first-order valence-electron chi connectivity index (χ1n) is 8.05. The molecule has 2 heterocycles. The van der Waals surface area contributed by atoms with Crippen molar-refractivity contribution in [2.75, 3.05) is 5.75 Å². The molecule has 7 heteroatoms. The third-order valence-corrected chi connectivity index (χ3v) is 5.26. The first kappa shape index (κ1) is 17.8. The van der Waals surface area contributed by atoms with E-state index < -0.39 is 0 Å². The van der Waals surface area contributed by atoms with Crippen LogP contribution in [0.15, 0.2) is 45.4 Å². The van der Waals surface area contributed by atoms with Gasteiger partial charge in [-0.15, -0.1) is 21.5 Å². The van der Waals surface area contributed by atoms with Gasteiger partial charge in [0.05, 0.1) is 24.3 Å². The SMILES string of the molecule is CC(C)c1csc(CC(=O)CSc2nnc(Cc3ccccc3)o2)n1. The molecule has 130 valence electrons. The summed E-state index contributed by atoms with van der Waals surface area (Å²) in [5.74, 6) is 1.36. The molecule has 0 amide bonds. The van der Waals surface area contributed by atoms with E-state index in [0.29, 0.717) is 35.6 Å². The lowest BCUT2D eigenvalue weighted by Gasteiger charge is -1.98. The Balaban J connectivity index is 1.49. The summed E-state index contributed by atoms with van der Waals surface area (Å²) in [6.45, 7) is 4.19. The average Bonchev–Trinajstić information content (AvgIpc) is 3.23. The second kappa shape index (κ2) is 8.40. The predicted octanol–water partition coefficient (Wildman–Crippen LogP) is 4.14. The standard InChI is InChI=1S/C18H19N3O2S2/c1-12(2)15-11-24-17(19-15)9-14(22)10-25-18-21-20-16(23-18)8-13-6-4-3-5-7-13/h3-7,11-12H,8-10H2,1-2H3. The van der Waals surface area contributed by atoms with Crippen LogP contribution in [-0.4, -0.2) is 26.7 Å². The molecule has 3 aromatic rings. The Hall–Kier alpha value is -1.99. The molecule has 0 aliphatic rings. The quantitative estimate of drug-likeness (QED) is 0.553. The number of nitrogens with zero attached hydrogens (tertiary/aromatic N) is 3. The van der Waals surface area contributed by atoms with Crippen molar-refractivity contribution in [2.24, 2.45) is 0 Å². The van der Waals surface area contributed by atoms with Gasteiger partial charge in [0.2, 0.25) is 5.89 Å². The average molecular weight is 374 g/mol. The monoisotopic (exact) mass is 373 g/mol. The van der Waals surface area contributed by atoms with Gasteiger partial charge in [0.25, 0.3) is 5.22 Å². The Labute approximate surface area is 154 Å². The molecule has 3 rings (SSSR count). The number of benzene rings is 1. The van der Waals surface area contributed by atoms with Gasteiger partial charge < -0.3 is 4.42 Å². The van der Waals surface area contributed by atoms with Gasteiger partial charge in [0.15, 0.2) is 0 Å². The molecule has 0 bridgehead atoms. The van der Waals surface area contributed by atoms with Crippen molar-refractivity contribution in [3.05, 3.63) is 57.9 Å². The van der Waals surface area contributed by atoms with E-state index >= 15 is 0 Å². The number of thiazole rings is 1. The minimum atomic E-state index is 0.109. The van der Waals surface area contributed by atoms with E-state index in [-0.39, 0.29) is 5.78 Å². The van der Waals surface area contributed by atoms with E-state index in [9.17, 15) is 4.79 Å². The summed E-state index contributed by atoms with van der Waals surface area (Å²) in [7, 11) is 0. The molecule has 2 aromatic heterocycles. The molecule has 1 aromatic carbocycles. The summed E-state index contributed by atoms with van der Waals surface area (Å²) in [6.07, 6.45) is 0.953. The number of rotatable bonds is 8. The van der Waals surface area contributed by atoms with E-state index in [4.69, 9.17) is 4.42 Å². The van der Waals surface area contributed by atoms with Crippen LogP contribution in [-0.2, 0) is 17.6 Å². The van der Waals surface area contributed by atoms with Crippen molar-refractivity contribution in [3.63, 3.8) is 0 Å². The first-order valence-corrected chi connectivity index (χ1v) is 9.92. The zero-order valence-corrected chi connectivity index (χ0v) is 15.8. The molecule has 0 spiro atoms. The van der Waals surface area contributed by atoms with Gasteiger partial charge >= 0.3 is 0 Å². The van der Waals surface area contributed by atoms with Crippen LogP contribution in [0.2, 0.25) is 0 Å². The molecule has 0 saturated carbocycles. The number of Topliss-reactive ketones (excluding diaryl/α,β-unsaturated/α-hetero) is 1. The summed E-state index contributed by atoms with van der Waals surface area (Å²) in [4.78, 5) is 16.6. The van der Waals surface area contributed by atoms with Crippen LogP contribution in [0.1, 0.15) is 41.9 Å². The second-order valence-corrected chi connectivity index (χ2v) is 7.82. The number of hydrogen-bond acceptors (Lipinski definition) is 7. The smallest absolute Gasteiger partial charge is 0.277 e. The maximum atomic E-state index is 12.1. The van der Waals surface area contributed by atoms with Crippen LogP contribution >= 0.6 is 23.1 Å². The molecular formula is C18H19N3O2S2. The third kappa shape index (κ3) is 5.24. The van der Waals surface area contributed by atoms with Gasteiger partial charge in [-0.2, -0.15) is 0 Å². The maximum Gasteiger partial charge on any atom is 0.277 e. The number of thioether (sulfide) groups is 1. The minimum absolute atomic E-state index is 0.109. The highest BCUT2D eigenvalue weighted by molar-refractivity contribution is 7.99. The van der Waals surface area contributed by atoms with Gasteiger partial charge in [-0.05, 0) is 11.5 Å². The molecule has 0 unspecified atom stereocenters. The van der Waals surface area contributed by atoms with Crippen molar-refractivity contribution in [1.29, 1.82) is 0 Å². The van der Waals surface area contributed by atoms with Gasteiger partial charge in [-0.25, -0.2) is 4.98 Å². The van der Waals surface area contributed by atoms with Gasteiger partial charge in [0, 0.05) is 5.38 Å². The molecule has 25 heavy (non-hydrogen) atoms. The van der Waals surface area contributed by atoms with Crippen LogP contribution < -0.4 is 0 Å². The number of carbonyl (C=O) groups excluding carboxylic acids is 1. The fourth-order valence-corrected chi connectivity index (χ4v) is 3.80. The van der Waals surface area contributed by atoms with Crippen molar-refractivity contribution in [2.45, 2.75) is 37.8 Å². The zero-order valence-electron chi connectivity index (χ0n) is 14.1. The molecule has 0 N–H and O–H groups in total. The Morgan fingerprint density at radius 1 is 1.24 bits per heavy atom. The highest BCUT2D eigenvalue weighted by atomic mass is 32.2. The number of aromatic nitrogens is 3. The third-order valence-electron chi connectivity index (χ3n) is 3.51. The lowest BCUT2D eigenvalue weighted by Crippen LogP contribution is -2.05. The van der Waals surface area contributed by atoms with E-state index in [1.165, 1.54) is 11.8 Å². The van der Waals surface area contributed by atoms with Crippen LogP contribution in [0, 0.1) is 0 Å². The lowest BCUT2D eigenvalue weighted by atomic mass is 10.2. The molecule has 5 nitrogen and oxygen atoms in total. The van der Waals surface area contributed by atoms with E-state index in [2.05, 4.69) is 29.0 Å². The minimum Gasteiger partial charge on any atom is -0.416 e. The van der Waals surface area contributed by atoms with Crippen LogP contribution in [0.25, 0.3) is 0 Å². The summed E-state index contributed by atoms with van der Waals surface area (Å²) < 4.78 is 5.60. The molecule has 0 fully saturated rings. The first-order chi connectivity index (χ1) is 12.1. The van der Waals surface area contributed by atoms with Crippen LogP contribution in [0.5, 0.6) is 0 Å². The van der Waals surface area contributed by atoms with Gasteiger partial charge in [-0.3, -0.25) is 4.79 Å². The van der Waals surface area contributed by atoms with Crippen molar-refractivity contribution < 1.29 is 9.21 Å². The van der Waals surface area contributed by atoms with E-state index in [1.54, 1.807) is 11.3 Å². The van der Waals surface area contributed by atoms with E-state index in [1.807, 2.05) is 35.7 Å². The summed E-state index contributed by atoms with van der Waals surface area (Å²) in [5.41, 5.74) is 2.16. The van der Waals surface area contributed by atoms with Crippen molar-refractivity contribution in [3.8, 4) is 0 Å². The molecule has 0 aliphatic carbocycles. The Morgan fingerprint density at radius 3 is 2.76 bits per heavy atom. The fourth-order valence-electron chi connectivity index (χ4n) is 2.17. The van der Waals surface area contributed by atoms with Gasteiger partial charge in [-0.1, -0.05) is 55.9 Å². The molecular weight excluding hydrogens is 354 g/mol. The van der Waals surface area contributed by atoms with Crippen molar-refractivity contribution >= 4 is 28.9 Å². The largest absolute Gasteiger partial charge is 0.416 e. The Kier molecular flexibility index (Phi) is 5.99. The molecule has 0 radical (unpaired) electrons. The predicted molar refractivity (Wildman–Crippen MR) is 99.2 cm³/mol. The number of ketones is 1. The number of hydrogen-bond donors (Lipinski definition) is 0. The molecule has 0 saturated heterocycles. The van der Waals surface area contributed by atoms with E-state index in [0.717, 1.165) is 16.3 Å². The normalized spacial score (nSPS) is 11.2. The highest BCUT2D eigenvalue weighted by Crippen LogP contribution is 2.21. The second-order valence-electron chi connectivity index (χ2n) is 5.95. The maximum absolute atomic E-state index is 12.1. The van der Waals surface area contributed by atoms with Gasteiger partial charge in [0.1, 0.15) is 10.8 Å². The molecule has 0 aliphatic heterocycles. The lowest BCUT2D eigenvalue weighted by molar-refractivity contribution is -0.116. The Bertz CT molecular complexity index is 828. The summed E-state index contributed by atoms with van der Waals surface area (Å²) >= 11 is 2.82. The Morgan fingerprint density at radius 2 is 2.04 bits per heavy atom.